The van der Waals surface area contributed by atoms with Gasteiger partial charge in [-0.2, -0.15) is 0 Å². The van der Waals surface area contributed by atoms with Crippen LogP contribution in [0.4, 0.5) is 0 Å². The van der Waals surface area contributed by atoms with Crippen LogP contribution in [-0.2, 0) is 0 Å². The molecule has 0 bridgehead atoms. The molecule has 2 amide bonds. The van der Waals surface area contributed by atoms with Crippen LogP contribution in [0.3, 0.4) is 0 Å². The molecule has 124 valence electrons. The molecule has 1 atom stereocenters. The third kappa shape index (κ3) is 3.57. The van der Waals surface area contributed by atoms with E-state index in [0.717, 1.165) is 12.8 Å². The number of nitrogens with zero attached hydrogens (tertiary/aromatic N) is 2. The van der Waals surface area contributed by atoms with Gasteiger partial charge < -0.3 is 15.7 Å². The van der Waals surface area contributed by atoms with Crippen molar-refractivity contribution >= 4 is 11.8 Å². The van der Waals surface area contributed by atoms with Crippen LogP contribution in [0.25, 0.3) is 0 Å². The van der Waals surface area contributed by atoms with Crippen molar-refractivity contribution < 1.29 is 14.7 Å². The summed E-state index contributed by atoms with van der Waals surface area (Å²) in [5.41, 5.74) is 0.967. The molecule has 0 saturated heterocycles. The smallest absolute Gasteiger partial charge is 0.269 e. The number of hydrogen-bond donors (Lipinski definition) is 3. The fourth-order valence-corrected chi connectivity index (χ4v) is 2.25. The van der Waals surface area contributed by atoms with Gasteiger partial charge >= 0.3 is 0 Å². The topological polar surface area (TPSA) is 104 Å². The molecule has 1 aliphatic rings. The van der Waals surface area contributed by atoms with Crippen LogP contribution >= 0.6 is 0 Å². The fourth-order valence-electron chi connectivity index (χ4n) is 2.25. The number of pyridine rings is 2. The summed E-state index contributed by atoms with van der Waals surface area (Å²) < 4.78 is 0. The Kier molecular flexibility index (Phi) is 4.52. The van der Waals surface area contributed by atoms with Crippen molar-refractivity contribution in [2.45, 2.75) is 25.0 Å². The van der Waals surface area contributed by atoms with Crippen molar-refractivity contribution in [3.05, 3.63) is 59.2 Å². The molecule has 2 heterocycles. The average Bonchev–Trinajstić information content (AvgIpc) is 3.44. The standard InChI is InChI=1S/C17H18N4O3/c1-18-17(24)14-9-10(16(23)20-11-5-6-11)8-13(21-14)15(22)12-4-2-3-7-19-12/h2-4,7-9,11,15,22H,5-6H2,1H3,(H,18,24)(H,20,23). The number of hydrogen-bond acceptors (Lipinski definition) is 5. The summed E-state index contributed by atoms with van der Waals surface area (Å²) in [7, 11) is 1.48. The van der Waals surface area contributed by atoms with Gasteiger partial charge in [0.25, 0.3) is 11.8 Å². The highest BCUT2D eigenvalue weighted by atomic mass is 16.3. The lowest BCUT2D eigenvalue weighted by Crippen LogP contribution is -2.27. The first-order chi connectivity index (χ1) is 11.6. The zero-order chi connectivity index (χ0) is 17.1. The molecule has 0 spiro atoms. The van der Waals surface area contributed by atoms with Crippen molar-refractivity contribution in [1.82, 2.24) is 20.6 Å². The first kappa shape index (κ1) is 16.1. The van der Waals surface area contributed by atoms with Gasteiger partial charge in [0.15, 0.2) is 0 Å². The molecule has 24 heavy (non-hydrogen) atoms. The molecule has 0 radical (unpaired) electrons. The minimum absolute atomic E-state index is 0.0749. The van der Waals surface area contributed by atoms with Gasteiger partial charge in [0.05, 0.1) is 11.4 Å². The van der Waals surface area contributed by atoms with Crippen molar-refractivity contribution in [3.63, 3.8) is 0 Å². The number of aliphatic hydroxyl groups excluding tert-OH is 1. The Labute approximate surface area is 139 Å². The predicted molar refractivity (Wildman–Crippen MR) is 86.4 cm³/mol. The van der Waals surface area contributed by atoms with Gasteiger partial charge in [-0.25, -0.2) is 4.98 Å². The van der Waals surface area contributed by atoms with Gasteiger partial charge in [0.1, 0.15) is 11.8 Å². The highest BCUT2D eigenvalue weighted by Gasteiger charge is 2.25. The van der Waals surface area contributed by atoms with E-state index in [1.54, 1.807) is 24.4 Å². The molecule has 0 aliphatic heterocycles. The summed E-state index contributed by atoms with van der Waals surface area (Å²) in [6.45, 7) is 0. The van der Waals surface area contributed by atoms with Gasteiger partial charge in [0.2, 0.25) is 0 Å². The van der Waals surface area contributed by atoms with E-state index in [2.05, 4.69) is 20.6 Å². The van der Waals surface area contributed by atoms with Crippen LogP contribution < -0.4 is 10.6 Å². The molecule has 1 saturated carbocycles. The molecule has 0 aromatic carbocycles. The van der Waals surface area contributed by atoms with Crippen LogP contribution in [-0.4, -0.2) is 40.0 Å². The molecule has 2 aromatic rings. The number of rotatable bonds is 5. The Morgan fingerprint density at radius 3 is 2.62 bits per heavy atom. The Hall–Kier alpha value is -2.80. The Morgan fingerprint density at radius 1 is 1.21 bits per heavy atom. The molecular weight excluding hydrogens is 308 g/mol. The van der Waals surface area contributed by atoms with Crippen molar-refractivity contribution in [3.8, 4) is 0 Å². The molecular formula is C17H18N4O3. The summed E-state index contributed by atoms with van der Waals surface area (Å²) in [6.07, 6.45) is 2.36. The third-order valence-corrected chi connectivity index (χ3v) is 3.73. The number of amides is 2. The van der Waals surface area contributed by atoms with Gasteiger partial charge in [-0.15, -0.1) is 0 Å². The second-order valence-electron chi connectivity index (χ2n) is 5.65. The van der Waals surface area contributed by atoms with Crippen LogP contribution in [0.1, 0.15) is 51.2 Å². The maximum atomic E-state index is 12.3. The van der Waals surface area contributed by atoms with E-state index in [1.165, 1.54) is 19.2 Å². The van der Waals surface area contributed by atoms with Gasteiger partial charge in [-0.05, 0) is 37.1 Å². The Morgan fingerprint density at radius 2 is 2.00 bits per heavy atom. The van der Waals surface area contributed by atoms with Crippen molar-refractivity contribution in [2.75, 3.05) is 7.05 Å². The summed E-state index contributed by atoms with van der Waals surface area (Å²) in [5.74, 6) is -0.704. The molecule has 1 fully saturated rings. The normalized spacial score (nSPS) is 14.8. The highest BCUT2D eigenvalue weighted by Crippen LogP contribution is 2.22. The molecule has 1 aliphatic carbocycles. The molecule has 2 aromatic heterocycles. The highest BCUT2D eigenvalue weighted by molar-refractivity contribution is 5.98. The fraction of sp³-hybridized carbons (Fsp3) is 0.294. The SMILES string of the molecule is CNC(=O)c1cc(C(=O)NC2CC2)cc(C(O)c2ccccn2)n1. The zero-order valence-electron chi connectivity index (χ0n) is 13.2. The van der Waals surface area contributed by atoms with Crippen molar-refractivity contribution in [1.29, 1.82) is 0 Å². The van der Waals surface area contributed by atoms with Crippen LogP contribution in [0.15, 0.2) is 36.5 Å². The van der Waals surface area contributed by atoms with E-state index in [0.29, 0.717) is 11.3 Å². The van der Waals surface area contributed by atoms with Crippen LogP contribution in [0.2, 0.25) is 0 Å². The lowest BCUT2D eigenvalue weighted by molar-refractivity contribution is 0.0950. The van der Waals surface area contributed by atoms with E-state index < -0.39 is 12.0 Å². The Bertz CT molecular complexity index is 760. The Balaban J connectivity index is 1.97. The molecule has 3 rings (SSSR count). The third-order valence-electron chi connectivity index (χ3n) is 3.73. The number of carbonyl (C=O) groups excluding carboxylic acids is 2. The van der Waals surface area contributed by atoms with Gasteiger partial charge in [-0.3, -0.25) is 14.6 Å². The van der Waals surface area contributed by atoms with E-state index in [4.69, 9.17) is 0 Å². The number of carbonyl (C=O) groups is 2. The first-order valence-electron chi connectivity index (χ1n) is 7.72. The van der Waals surface area contributed by atoms with E-state index in [-0.39, 0.29) is 23.3 Å². The quantitative estimate of drug-likeness (QED) is 0.754. The van der Waals surface area contributed by atoms with E-state index in [1.807, 2.05) is 0 Å². The number of aliphatic hydroxyl groups is 1. The van der Waals surface area contributed by atoms with E-state index >= 15 is 0 Å². The molecule has 3 N–H and O–H groups in total. The van der Waals surface area contributed by atoms with Crippen LogP contribution in [0, 0.1) is 0 Å². The second kappa shape index (κ2) is 6.76. The average molecular weight is 326 g/mol. The maximum Gasteiger partial charge on any atom is 0.269 e. The first-order valence-corrected chi connectivity index (χ1v) is 7.72. The maximum absolute atomic E-state index is 12.3. The number of aromatic nitrogens is 2. The largest absolute Gasteiger partial charge is 0.380 e. The minimum Gasteiger partial charge on any atom is -0.380 e. The lowest BCUT2D eigenvalue weighted by atomic mass is 10.1. The summed E-state index contributed by atoms with van der Waals surface area (Å²) in [4.78, 5) is 32.5. The lowest BCUT2D eigenvalue weighted by Gasteiger charge is -2.13. The van der Waals surface area contributed by atoms with Gasteiger partial charge in [0, 0.05) is 24.8 Å². The number of nitrogens with one attached hydrogen (secondary N) is 2. The summed E-state index contributed by atoms with van der Waals surface area (Å²) in [6, 6.07) is 8.24. The van der Waals surface area contributed by atoms with Crippen molar-refractivity contribution in [2.24, 2.45) is 0 Å². The second-order valence-corrected chi connectivity index (χ2v) is 5.65. The molecule has 7 heteroatoms. The van der Waals surface area contributed by atoms with Gasteiger partial charge in [-0.1, -0.05) is 6.07 Å². The zero-order valence-corrected chi connectivity index (χ0v) is 13.2. The minimum atomic E-state index is -1.12. The summed E-state index contributed by atoms with van der Waals surface area (Å²) >= 11 is 0. The molecule has 7 nitrogen and oxygen atoms in total. The summed E-state index contributed by atoms with van der Waals surface area (Å²) in [5, 5.41) is 15.8. The van der Waals surface area contributed by atoms with Crippen LogP contribution in [0.5, 0.6) is 0 Å². The monoisotopic (exact) mass is 326 g/mol. The predicted octanol–water partition coefficient (Wildman–Crippen LogP) is 0.810. The molecule has 1 unspecified atom stereocenters. The van der Waals surface area contributed by atoms with E-state index in [9.17, 15) is 14.7 Å².